The molecule has 0 fully saturated rings. The van der Waals surface area contributed by atoms with Gasteiger partial charge in [-0.3, -0.25) is 0 Å². The number of carbonyl (C=O) groups is 1. The molecule has 0 radical (unpaired) electrons. The summed E-state index contributed by atoms with van der Waals surface area (Å²) in [4.78, 5) is 15.6. The molecule has 0 bridgehead atoms. The van der Waals surface area contributed by atoms with E-state index in [1.165, 1.54) is 24.4 Å². The van der Waals surface area contributed by atoms with Crippen molar-refractivity contribution in [2.24, 2.45) is 0 Å². The van der Waals surface area contributed by atoms with Crippen LogP contribution in [0.15, 0.2) is 36.5 Å². The molecule has 2 rings (SSSR count). The van der Waals surface area contributed by atoms with Crippen LogP contribution in [0.5, 0.6) is 5.75 Å². The fourth-order valence-corrected chi connectivity index (χ4v) is 1.89. The summed E-state index contributed by atoms with van der Waals surface area (Å²) in [5.74, 6) is -0.414. The van der Waals surface area contributed by atoms with Gasteiger partial charge in [0, 0.05) is 11.2 Å². The third-order valence-electron chi connectivity index (χ3n) is 2.08. The van der Waals surface area contributed by atoms with Crippen molar-refractivity contribution in [2.75, 3.05) is 0 Å². The van der Waals surface area contributed by atoms with Crippen molar-refractivity contribution in [1.29, 1.82) is 0 Å². The zero-order chi connectivity index (χ0) is 13.1. The number of rotatable bonds is 2. The molecule has 0 unspecified atom stereocenters. The number of aromatic nitrogens is 1. The van der Waals surface area contributed by atoms with Gasteiger partial charge in [-0.2, -0.15) is 0 Å². The number of nitrogens with zero attached hydrogens (tertiary/aromatic N) is 1. The van der Waals surface area contributed by atoms with E-state index in [9.17, 15) is 4.79 Å². The molecule has 2 aromatic rings. The van der Waals surface area contributed by atoms with Crippen LogP contribution in [-0.2, 0) is 0 Å². The highest BCUT2D eigenvalue weighted by Gasteiger charge is 2.14. The number of ether oxygens (including phenoxy) is 1. The van der Waals surface area contributed by atoms with E-state index >= 15 is 0 Å². The fraction of sp³-hybridized carbons (Fsp3) is 0. The minimum Gasteiger partial charge on any atom is -0.421 e. The van der Waals surface area contributed by atoms with Crippen LogP contribution in [0.1, 0.15) is 10.4 Å². The Morgan fingerprint density at radius 2 is 1.94 bits per heavy atom. The number of hydrogen-bond acceptors (Lipinski definition) is 3. The number of pyridine rings is 1. The van der Waals surface area contributed by atoms with Crippen molar-refractivity contribution < 1.29 is 9.53 Å². The van der Waals surface area contributed by atoms with Crippen LogP contribution in [0, 0.1) is 0 Å². The molecule has 3 nitrogen and oxygen atoms in total. The predicted molar refractivity (Wildman–Crippen MR) is 70.7 cm³/mol. The summed E-state index contributed by atoms with van der Waals surface area (Å²) in [6.07, 6.45) is 1.48. The first kappa shape index (κ1) is 13.1. The van der Waals surface area contributed by atoms with Gasteiger partial charge >= 0.3 is 5.97 Å². The quantitative estimate of drug-likeness (QED) is 0.472. The van der Waals surface area contributed by atoms with Crippen LogP contribution in [0.25, 0.3) is 0 Å². The molecule has 0 spiro atoms. The molecule has 0 aliphatic carbocycles. The second kappa shape index (κ2) is 5.57. The molecule has 92 valence electrons. The second-order valence-electron chi connectivity index (χ2n) is 3.31. The van der Waals surface area contributed by atoms with Crippen molar-refractivity contribution in [3.05, 3.63) is 57.3 Å². The Morgan fingerprint density at radius 1 is 1.17 bits per heavy atom. The molecule has 18 heavy (non-hydrogen) atoms. The normalized spacial score (nSPS) is 10.2. The summed E-state index contributed by atoms with van der Waals surface area (Å²) >= 11 is 17.4. The SMILES string of the molecule is O=C(Oc1ccc(Cl)cc1Cl)c1cccnc1Cl. The van der Waals surface area contributed by atoms with Gasteiger partial charge in [-0.05, 0) is 30.3 Å². The second-order valence-corrected chi connectivity index (χ2v) is 4.51. The van der Waals surface area contributed by atoms with Crippen LogP contribution < -0.4 is 4.74 Å². The lowest BCUT2D eigenvalue weighted by molar-refractivity contribution is 0.0734. The van der Waals surface area contributed by atoms with Gasteiger partial charge in [-0.15, -0.1) is 0 Å². The molecular weight excluding hydrogens is 296 g/mol. The molecule has 0 N–H and O–H groups in total. The predicted octanol–water partition coefficient (Wildman–Crippen LogP) is 4.26. The Morgan fingerprint density at radius 3 is 2.61 bits per heavy atom. The van der Waals surface area contributed by atoms with Crippen molar-refractivity contribution in [3.8, 4) is 5.75 Å². The molecule has 0 aliphatic rings. The van der Waals surface area contributed by atoms with Crippen molar-refractivity contribution >= 4 is 40.8 Å². The molecule has 0 saturated heterocycles. The van der Waals surface area contributed by atoms with E-state index in [0.29, 0.717) is 5.02 Å². The first-order valence-electron chi connectivity index (χ1n) is 4.85. The zero-order valence-electron chi connectivity index (χ0n) is 8.86. The monoisotopic (exact) mass is 301 g/mol. The Bertz CT molecular complexity index is 602. The molecule has 0 amide bonds. The van der Waals surface area contributed by atoms with E-state index in [-0.39, 0.29) is 21.5 Å². The van der Waals surface area contributed by atoms with Crippen LogP contribution in [0.3, 0.4) is 0 Å². The van der Waals surface area contributed by atoms with Crippen LogP contribution >= 0.6 is 34.8 Å². The lowest BCUT2D eigenvalue weighted by atomic mass is 10.3. The minimum absolute atomic E-state index is 0.0765. The Hall–Kier alpha value is -1.29. The average Bonchev–Trinajstić information content (AvgIpc) is 2.33. The highest BCUT2D eigenvalue weighted by Crippen LogP contribution is 2.28. The Balaban J connectivity index is 2.24. The lowest BCUT2D eigenvalue weighted by Crippen LogP contribution is -2.09. The van der Waals surface area contributed by atoms with E-state index in [1.54, 1.807) is 12.1 Å². The number of benzene rings is 1. The summed E-state index contributed by atoms with van der Waals surface area (Å²) in [5, 5.41) is 0.780. The van der Waals surface area contributed by atoms with Crippen molar-refractivity contribution in [1.82, 2.24) is 4.98 Å². The Labute approximate surface area is 118 Å². The van der Waals surface area contributed by atoms with E-state index < -0.39 is 5.97 Å². The largest absolute Gasteiger partial charge is 0.421 e. The van der Waals surface area contributed by atoms with Gasteiger partial charge in [-0.1, -0.05) is 34.8 Å². The molecule has 6 heteroatoms. The first-order valence-corrected chi connectivity index (χ1v) is 5.99. The van der Waals surface area contributed by atoms with Crippen LogP contribution in [0.2, 0.25) is 15.2 Å². The first-order chi connectivity index (χ1) is 8.58. The van der Waals surface area contributed by atoms with Gasteiger partial charge in [-0.25, -0.2) is 9.78 Å². The maximum Gasteiger partial charge on any atom is 0.346 e. The third-order valence-corrected chi connectivity index (χ3v) is 2.91. The number of carbonyl (C=O) groups excluding carboxylic acids is 1. The van der Waals surface area contributed by atoms with Gasteiger partial charge < -0.3 is 4.74 Å². The smallest absolute Gasteiger partial charge is 0.346 e. The number of hydrogen-bond donors (Lipinski definition) is 0. The molecule has 0 saturated carbocycles. The number of esters is 1. The maximum absolute atomic E-state index is 11.8. The summed E-state index contributed by atoms with van der Waals surface area (Å²) in [5.41, 5.74) is 0.171. The van der Waals surface area contributed by atoms with Gasteiger partial charge in [0.05, 0.1) is 10.6 Å². The minimum atomic E-state index is -0.627. The van der Waals surface area contributed by atoms with Gasteiger partial charge in [0.25, 0.3) is 0 Å². The molecule has 1 aromatic carbocycles. The lowest BCUT2D eigenvalue weighted by Gasteiger charge is -2.06. The summed E-state index contributed by atoms with van der Waals surface area (Å²) in [6, 6.07) is 7.66. The van der Waals surface area contributed by atoms with Crippen LogP contribution in [0.4, 0.5) is 0 Å². The van der Waals surface area contributed by atoms with E-state index in [0.717, 1.165) is 0 Å². The van der Waals surface area contributed by atoms with E-state index in [4.69, 9.17) is 39.5 Å². The fourth-order valence-electron chi connectivity index (χ4n) is 1.25. The highest BCUT2D eigenvalue weighted by atomic mass is 35.5. The molecular formula is C12H6Cl3NO2. The van der Waals surface area contributed by atoms with E-state index in [2.05, 4.69) is 4.98 Å². The standard InChI is InChI=1S/C12H6Cl3NO2/c13-7-3-4-10(9(14)6-7)18-12(17)8-2-1-5-16-11(8)15/h1-6H. The molecule has 1 aromatic heterocycles. The third kappa shape index (κ3) is 2.93. The van der Waals surface area contributed by atoms with Crippen molar-refractivity contribution in [2.45, 2.75) is 0 Å². The highest BCUT2D eigenvalue weighted by molar-refractivity contribution is 6.35. The van der Waals surface area contributed by atoms with Gasteiger partial charge in [0.15, 0.2) is 0 Å². The van der Waals surface area contributed by atoms with Gasteiger partial charge in [0.2, 0.25) is 0 Å². The average molecular weight is 303 g/mol. The Kier molecular flexibility index (Phi) is 4.07. The zero-order valence-corrected chi connectivity index (χ0v) is 11.1. The van der Waals surface area contributed by atoms with Crippen LogP contribution in [-0.4, -0.2) is 11.0 Å². The van der Waals surface area contributed by atoms with Crippen molar-refractivity contribution in [3.63, 3.8) is 0 Å². The molecule has 0 aliphatic heterocycles. The van der Waals surface area contributed by atoms with Gasteiger partial charge in [0.1, 0.15) is 10.9 Å². The molecule has 0 atom stereocenters. The summed E-state index contributed by atoms with van der Waals surface area (Å²) < 4.78 is 5.11. The topological polar surface area (TPSA) is 39.2 Å². The van der Waals surface area contributed by atoms with E-state index in [1.807, 2.05) is 0 Å². The maximum atomic E-state index is 11.8. The summed E-state index contributed by atoms with van der Waals surface area (Å²) in [6.45, 7) is 0. The summed E-state index contributed by atoms with van der Waals surface area (Å²) in [7, 11) is 0. The number of halogens is 3. The molecule has 1 heterocycles.